The van der Waals surface area contributed by atoms with E-state index in [1.54, 1.807) is 7.05 Å². The molecular formula is C12H19N3O4S. The number of carbonyl (C=O) groups is 1. The van der Waals surface area contributed by atoms with Gasteiger partial charge in [-0.1, -0.05) is 0 Å². The van der Waals surface area contributed by atoms with E-state index in [0.29, 0.717) is 6.54 Å². The Morgan fingerprint density at radius 1 is 1.50 bits per heavy atom. The van der Waals surface area contributed by atoms with Gasteiger partial charge < -0.3 is 15.0 Å². The Morgan fingerprint density at radius 2 is 2.15 bits per heavy atom. The number of aromatic nitrogens is 1. The number of amides is 1. The summed E-state index contributed by atoms with van der Waals surface area (Å²) < 4.78 is 27.0. The van der Waals surface area contributed by atoms with E-state index in [1.165, 1.54) is 23.9 Å². The van der Waals surface area contributed by atoms with E-state index in [-0.39, 0.29) is 28.5 Å². The van der Waals surface area contributed by atoms with Crippen molar-refractivity contribution >= 4 is 15.9 Å². The van der Waals surface area contributed by atoms with Crippen LogP contribution in [0.2, 0.25) is 0 Å². The summed E-state index contributed by atoms with van der Waals surface area (Å²) in [7, 11) is -0.627. The van der Waals surface area contributed by atoms with Crippen LogP contribution in [0.3, 0.4) is 0 Å². The molecule has 1 aliphatic rings. The highest BCUT2D eigenvalue weighted by Crippen LogP contribution is 2.44. The SMILES string of the molecule is CNS(=O)(=O)c1cc(C(=O)NCC2(CO)CC2)n(C)c1. The minimum absolute atomic E-state index is 0.0518. The summed E-state index contributed by atoms with van der Waals surface area (Å²) in [5, 5.41) is 11.9. The van der Waals surface area contributed by atoms with Crippen molar-refractivity contribution in [3.63, 3.8) is 0 Å². The average Bonchev–Trinajstić information content (AvgIpc) is 3.11. The number of carbonyl (C=O) groups excluding carboxylic acids is 1. The van der Waals surface area contributed by atoms with Crippen LogP contribution in [-0.2, 0) is 17.1 Å². The van der Waals surface area contributed by atoms with E-state index >= 15 is 0 Å². The number of nitrogens with one attached hydrogen (secondary N) is 2. The number of sulfonamides is 1. The molecule has 0 spiro atoms. The van der Waals surface area contributed by atoms with Crippen LogP contribution in [-0.4, -0.2) is 44.2 Å². The molecule has 1 heterocycles. The monoisotopic (exact) mass is 301 g/mol. The van der Waals surface area contributed by atoms with Gasteiger partial charge in [0.2, 0.25) is 10.0 Å². The van der Waals surface area contributed by atoms with Crippen molar-refractivity contribution in [1.82, 2.24) is 14.6 Å². The summed E-state index contributed by atoms with van der Waals surface area (Å²) in [6.07, 6.45) is 3.19. The second-order valence-corrected chi connectivity index (χ2v) is 7.11. The summed E-state index contributed by atoms with van der Waals surface area (Å²) in [4.78, 5) is 12.1. The number of nitrogens with zero attached hydrogens (tertiary/aromatic N) is 1. The second-order valence-electron chi connectivity index (χ2n) is 5.22. The maximum atomic E-state index is 12.1. The third kappa shape index (κ3) is 2.87. The van der Waals surface area contributed by atoms with Gasteiger partial charge in [-0.2, -0.15) is 0 Å². The number of aliphatic hydroxyl groups is 1. The molecule has 0 atom stereocenters. The van der Waals surface area contributed by atoms with Crippen LogP contribution in [0, 0.1) is 5.41 Å². The quantitative estimate of drug-likeness (QED) is 0.655. The van der Waals surface area contributed by atoms with E-state index in [0.717, 1.165) is 12.8 Å². The summed E-state index contributed by atoms with van der Waals surface area (Å²) in [5.41, 5.74) is 0.0910. The number of hydrogen-bond donors (Lipinski definition) is 3. The van der Waals surface area contributed by atoms with Gasteiger partial charge in [0.1, 0.15) is 10.6 Å². The Balaban J connectivity index is 2.11. The zero-order valence-electron chi connectivity index (χ0n) is 11.5. The first-order valence-electron chi connectivity index (χ1n) is 6.32. The molecule has 20 heavy (non-hydrogen) atoms. The minimum atomic E-state index is -3.56. The van der Waals surface area contributed by atoms with Crippen molar-refractivity contribution in [2.75, 3.05) is 20.2 Å². The smallest absolute Gasteiger partial charge is 0.267 e. The van der Waals surface area contributed by atoms with Crippen molar-refractivity contribution < 1.29 is 18.3 Å². The van der Waals surface area contributed by atoms with Gasteiger partial charge in [0.05, 0.1) is 6.61 Å². The molecule has 112 valence electrons. The van der Waals surface area contributed by atoms with Gasteiger partial charge in [-0.3, -0.25) is 4.79 Å². The fraction of sp³-hybridized carbons (Fsp3) is 0.583. The topological polar surface area (TPSA) is 100 Å². The molecule has 1 aliphatic carbocycles. The summed E-state index contributed by atoms with van der Waals surface area (Å²) >= 11 is 0. The molecule has 2 rings (SSSR count). The molecule has 0 radical (unpaired) electrons. The molecule has 0 saturated heterocycles. The molecule has 0 aromatic carbocycles. The molecule has 0 unspecified atom stereocenters. The highest BCUT2D eigenvalue weighted by molar-refractivity contribution is 7.89. The normalized spacial score (nSPS) is 16.9. The van der Waals surface area contributed by atoms with Gasteiger partial charge in [0, 0.05) is 25.2 Å². The second kappa shape index (κ2) is 5.19. The van der Waals surface area contributed by atoms with Crippen molar-refractivity contribution in [3.05, 3.63) is 18.0 Å². The van der Waals surface area contributed by atoms with Crippen LogP contribution >= 0.6 is 0 Å². The van der Waals surface area contributed by atoms with Crippen LogP contribution in [0.15, 0.2) is 17.2 Å². The number of hydrogen-bond acceptors (Lipinski definition) is 4. The molecule has 1 aromatic heterocycles. The maximum absolute atomic E-state index is 12.1. The number of rotatable bonds is 6. The molecule has 1 fully saturated rings. The van der Waals surface area contributed by atoms with E-state index in [4.69, 9.17) is 0 Å². The Morgan fingerprint density at radius 3 is 2.65 bits per heavy atom. The first kappa shape index (κ1) is 15.0. The largest absolute Gasteiger partial charge is 0.396 e. The zero-order chi connectivity index (χ0) is 15.0. The van der Waals surface area contributed by atoms with E-state index in [9.17, 15) is 18.3 Å². The standard InChI is InChI=1S/C12H19N3O4S/c1-13-20(18,19)9-5-10(15(2)6-9)11(17)14-7-12(8-16)3-4-12/h5-6,13,16H,3-4,7-8H2,1-2H3,(H,14,17). The molecule has 3 N–H and O–H groups in total. The van der Waals surface area contributed by atoms with Gasteiger partial charge >= 0.3 is 0 Å². The van der Waals surface area contributed by atoms with E-state index in [2.05, 4.69) is 10.0 Å². The van der Waals surface area contributed by atoms with Gasteiger partial charge in [-0.25, -0.2) is 13.1 Å². The lowest BCUT2D eigenvalue weighted by molar-refractivity contribution is 0.0927. The highest BCUT2D eigenvalue weighted by Gasteiger charge is 2.42. The van der Waals surface area contributed by atoms with Crippen LogP contribution < -0.4 is 10.0 Å². The van der Waals surface area contributed by atoms with Crippen molar-refractivity contribution in [3.8, 4) is 0 Å². The number of aliphatic hydroxyl groups excluding tert-OH is 1. The van der Waals surface area contributed by atoms with Gasteiger partial charge in [-0.05, 0) is 26.0 Å². The summed E-state index contributed by atoms with van der Waals surface area (Å²) in [6.45, 7) is 0.460. The molecule has 1 amide bonds. The Hall–Kier alpha value is -1.38. The Labute approximate surface area is 118 Å². The van der Waals surface area contributed by atoms with Crippen LogP contribution in [0.25, 0.3) is 0 Å². The predicted molar refractivity (Wildman–Crippen MR) is 72.7 cm³/mol. The van der Waals surface area contributed by atoms with Gasteiger partial charge in [-0.15, -0.1) is 0 Å². The third-order valence-corrected chi connectivity index (χ3v) is 5.09. The van der Waals surface area contributed by atoms with Crippen LogP contribution in [0.4, 0.5) is 0 Å². The van der Waals surface area contributed by atoms with Crippen LogP contribution in [0.1, 0.15) is 23.3 Å². The lowest BCUT2D eigenvalue weighted by Crippen LogP contribution is -2.32. The Bertz CT molecular complexity index is 617. The number of aryl methyl sites for hydroxylation is 1. The first-order chi connectivity index (χ1) is 9.33. The third-order valence-electron chi connectivity index (χ3n) is 3.71. The lowest BCUT2D eigenvalue weighted by Gasteiger charge is -2.12. The minimum Gasteiger partial charge on any atom is -0.396 e. The molecule has 1 aromatic rings. The summed E-state index contributed by atoms with van der Waals surface area (Å²) in [5.74, 6) is -0.343. The highest BCUT2D eigenvalue weighted by atomic mass is 32.2. The molecule has 0 bridgehead atoms. The average molecular weight is 301 g/mol. The van der Waals surface area contributed by atoms with Crippen LogP contribution in [0.5, 0.6) is 0 Å². The van der Waals surface area contributed by atoms with Crippen molar-refractivity contribution in [2.45, 2.75) is 17.7 Å². The molecular weight excluding hydrogens is 282 g/mol. The van der Waals surface area contributed by atoms with E-state index in [1.807, 2.05) is 0 Å². The zero-order valence-corrected chi connectivity index (χ0v) is 12.3. The lowest BCUT2D eigenvalue weighted by atomic mass is 10.1. The maximum Gasteiger partial charge on any atom is 0.267 e. The fourth-order valence-electron chi connectivity index (χ4n) is 1.95. The molecule has 1 saturated carbocycles. The predicted octanol–water partition coefficient (Wildman–Crippen LogP) is -0.564. The fourth-order valence-corrected chi connectivity index (χ4v) is 2.75. The van der Waals surface area contributed by atoms with Gasteiger partial charge in [0.15, 0.2) is 0 Å². The first-order valence-corrected chi connectivity index (χ1v) is 7.81. The summed E-state index contributed by atoms with van der Waals surface area (Å²) in [6, 6.07) is 1.33. The Kier molecular flexibility index (Phi) is 3.90. The van der Waals surface area contributed by atoms with Crippen molar-refractivity contribution in [2.24, 2.45) is 12.5 Å². The van der Waals surface area contributed by atoms with Crippen molar-refractivity contribution in [1.29, 1.82) is 0 Å². The molecule has 8 heteroatoms. The molecule has 7 nitrogen and oxygen atoms in total. The molecule has 0 aliphatic heterocycles. The van der Waals surface area contributed by atoms with E-state index < -0.39 is 10.0 Å². The van der Waals surface area contributed by atoms with Gasteiger partial charge in [0.25, 0.3) is 5.91 Å².